The first-order chi connectivity index (χ1) is 12.7. The molecule has 0 spiro atoms. The molecule has 0 heterocycles. The second-order valence-corrected chi connectivity index (χ2v) is 8.54. The summed E-state index contributed by atoms with van der Waals surface area (Å²) in [5.41, 5.74) is 3.21. The van der Waals surface area contributed by atoms with Gasteiger partial charge in [-0.3, -0.25) is 14.9 Å². The summed E-state index contributed by atoms with van der Waals surface area (Å²) in [6.07, 6.45) is 0. The highest BCUT2D eigenvalue weighted by Crippen LogP contribution is 2.33. The van der Waals surface area contributed by atoms with E-state index in [1.165, 1.54) is 23.9 Å². The Hall–Kier alpha value is -2.34. The highest BCUT2D eigenvalue weighted by molar-refractivity contribution is 8.00. The van der Waals surface area contributed by atoms with Crippen LogP contribution in [-0.2, 0) is 4.79 Å². The molecule has 0 saturated carbocycles. The van der Waals surface area contributed by atoms with Crippen LogP contribution < -0.4 is 5.32 Å². The van der Waals surface area contributed by atoms with Crippen LogP contribution in [0, 0.1) is 10.1 Å². The minimum atomic E-state index is -0.430. The number of amides is 1. The second kappa shape index (κ2) is 9.04. The van der Waals surface area contributed by atoms with Crippen LogP contribution in [0.2, 0.25) is 0 Å². The predicted octanol–water partition coefficient (Wildman–Crippen LogP) is 5.96. The van der Waals surface area contributed by atoms with Crippen molar-refractivity contribution in [2.45, 2.75) is 56.6 Å². The molecule has 0 radical (unpaired) electrons. The van der Waals surface area contributed by atoms with Crippen molar-refractivity contribution in [3.8, 4) is 0 Å². The number of anilines is 1. The van der Waals surface area contributed by atoms with Crippen LogP contribution in [0.4, 0.5) is 11.4 Å². The largest absolute Gasteiger partial charge is 0.325 e. The molecule has 0 aliphatic rings. The summed E-state index contributed by atoms with van der Waals surface area (Å²) < 4.78 is 0. The molecule has 2 aromatic carbocycles. The summed E-state index contributed by atoms with van der Waals surface area (Å²) in [5, 5.41) is 13.6. The van der Waals surface area contributed by atoms with Crippen molar-refractivity contribution in [1.29, 1.82) is 0 Å². The quantitative estimate of drug-likeness (QED) is 0.362. The Kier molecular flexibility index (Phi) is 7.02. The maximum Gasteiger partial charge on any atom is 0.269 e. The zero-order valence-corrected chi connectivity index (χ0v) is 17.2. The van der Waals surface area contributed by atoms with Gasteiger partial charge in [0.15, 0.2) is 0 Å². The van der Waals surface area contributed by atoms with Gasteiger partial charge >= 0.3 is 0 Å². The maximum atomic E-state index is 12.8. The van der Waals surface area contributed by atoms with Gasteiger partial charge in [0.1, 0.15) is 0 Å². The molecule has 5 nitrogen and oxygen atoms in total. The lowest BCUT2D eigenvalue weighted by Crippen LogP contribution is -2.24. The third-order valence-corrected chi connectivity index (χ3v) is 5.46. The Balaban J connectivity index is 2.17. The van der Waals surface area contributed by atoms with Crippen LogP contribution in [0.5, 0.6) is 0 Å². The number of benzene rings is 2. The van der Waals surface area contributed by atoms with E-state index in [1.54, 1.807) is 12.1 Å². The Morgan fingerprint density at radius 3 is 1.93 bits per heavy atom. The molecule has 0 bridgehead atoms. The van der Waals surface area contributed by atoms with Crippen LogP contribution in [0.3, 0.4) is 0 Å². The van der Waals surface area contributed by atoms with Gasteiger partial charge in [-0.1, -0.05) is 45.9 Å². The number of nitrogens with one attached hydrogen (secondary N) is 1. The third kappa shape index (κ3) is 5.32. The van der Waals surface area contributed by atoms with Crippen LogP contribution in [-0.4, -0.2) is 16.1 Å². The zero-order valence-electron chi connectivity index (χ0n) is 16.4. The Morgan fingerprint density at radius 1 is 0.963 bits per heavy atom. The van der Waals surface area contributed by atoms with Gasteiger partial charge in [-0.25, -0.2) is 0 Å². The predicted molar refractivity (Wildman–Crippen MR) is 112 cm³/mol. The number of nitrogens with zero attached hydrogens (tertiary/aromatic N) is 1. The first-order valence-electron chi connectivity index (χ1n) is 9.05. The van der Waals surface area contributed by atoms with E-state index in [2.05, 4.69) is 45.1 Å². The van der Waals surface area contributed by atoms with E-state index in [-0.39, 0.29) is 16.8 Å². The Bertz CT molecular complexity index is 790. The van der Waals surface area contributed by atoms with E-state index in [4.69, 9.17) is 0 Å². The summed E-state index contributed by atoms with van der Waals surface area (Å²) >= 11 is 1.39. The standard InChI is InChI=1S/C21H26N2O3S/c1-13(2)18-7-6-8-19(14(3)4)20(18)22-21(24)15(5)27-17-11-9-16(10-12-17)23(25)26/h6-15H,1-5H3,(H,22,24). The normalized spacial score (nSPS) is 12.3. The van der Waals surface area contributed by atoms with Crippen molar-refractivity contribution < 1.29 is 9.72 Å². The van der Waals surface area contributed by atoms with E-state index < -0.39 is 4.92 Å². The summed E-state index contributed by atoms with van der Waals surface area (Å²) in [7, 11) is 0. The molecular formula is C21H26N2O3S. The van der Waals surface area contributed by atoms with E-state index in [0.717, 1.165) is 21.7 Å². The SMILES string of the molecule is CC(Sc1ccc([N+](=O)[O-])cc1)C(=O)Nc1c(C(C)C)cccc1C(C)C. The van der Waals surface area contributed by atoms with Crippen molar-refractivity contribution >= 4 is 29.0 Å². The summed E-state index contributed by atoms with van der Waals surface area (Å²) in [6, 6.07) is 12.4. The van der Waals surface area contributed by atoms with Crippen molar-refractivity contribution in [1.82, 2.24) is 0 Å². The fourth-order valence-corrected chi connectivity index (χ4v) is 3.69. The number of carbonyl (C=O) groups excluding carboxylic acids is 1. The molecule has 0 fully saturated rings. The molecular weight excluding hydrogens is 360 g/mol. The van der Waals surface area contributed by atoms with Gasteiger partial charge < -0.3 is 5.32 Å². The molecule has 1 amide bonds. The van der Waals surface area contributed by atoms with Crippen LogP contribution in [0.25, 0.3) is 0 Å². The van der Waals surface area contributed by atoms with Crippen LogP contribution >= 0.6 is 11.8 Å². The molecule has 0 aromatic heterocycles. The van der Waals surface area contributed by atoms with E-state index in [9.17, 15) is 14.9 Å². The van der Waals surface area contributed by atoms with Gasteiger partial charge in [0.2, 0.25) is 5.91 Å². The number of rotatable bonds is 7. The Labute approximate surface area is 164 Å². The number of thioether (sulfide) groups is 1. The molecule has 1 atom stereocenters. The number of hydrogen-bond acceptors (Lipinski definition) is 4. The molecule has 1 unspecified atom stereocenters. The molecule has 27 heavy (non-hydrogen) atoms. The zero-order chi connectivity index (χ0) is 20.1. The highest BCUT2D eigenvalue weighted by Gasteiger charge is 2.20. The first kappa shape index (κ1) is 21.0. The lowest BCUT2D eigenvalue weighted by molar-refractivity contribution is -0.384. The first-order valence-corrected chi connectivity index (χ1v) is 9.93. The monoisotopic (exact) mass is 386 g/mol. The molecule has 6 heteroatoms. The lowest BCUT2D eigenvalue weighted by Gasteiger charge is -2.21. The molecule has 0 saturated heterocycles. The number of nitro benzene ring substituents is 1. The summed E-state index contributed by atoms with van der Waals surface area (Å²) in [5.74, 6) is 0.529. The number of carbonyl (C=O) groups is 1. The number of hydrogen-bond donors (Lipinski definition) is 1. The van der Waals surface area contributed by atoms with Gasteiger partial charge in [0.05, 0.1) is 10.2 Å². The van der Waals surface area contributed by atoms with Crippen LogP contribution in [0.1, 0.15) is 57.6 Å². The van der Waals surface area contributed by atoms with Gasteiger partial charge in [-0.05, 0) is 42.0 Å². The third-order valence-electron chi connectivity index (χ3n) is 4.35. The maximum absolute atomic E-state index is 12.8. The molecule has 0 aliphatic heterocycles. The van der Waals surface area contributed by atoms with Gasteiger partial charge in [-0.15, -0.1) is 11.8 Å². The second-order valence-electron chi connectivity index (χ2n) is 7.12. The minimum absolute atomic E-state index is 0.0453. The topological polar surface area (TPSA) is 72.2 Å². The fraction of sp³-hybridized carbons (Fsp3) is 0.381. The minimum Gasteiger partial charge on any atom is -0.325 e. The van der Waals surface area contributed by atoms with Crippen molar-refractivity contribution in [3.05, 3.63) is 63.7 Å². The molecule has 2 aromatic rings. The number of non-ortho nitro benzene ring substituents is 1. The molecule has 0 aliphatic carbocycles. The summed E-state index contributed by atoms with van der Waals surface area (Å²) in [6.45, 7) is 10.3. The number of nitro groups is 1. The van der Waals surface area contributed by atoms with Gasteiger partial charge in [-0.2, -0.15) is 0 Å². The fourth-order valence-electron chi connectivity index (χ4n) is 2.82. The van der Waals surface area contributed by atoms with E-state index in [1.807, 2.05) is 13.0 Å². The molecule has 1 N–H and O–H groups in total. The van der Waals surface area contributed by atoms with Gasteiger partial charge in [0.25, 0.3) is 5.69 Å². The molecule has 144 valence electrons. The molecule has 2 rings (SSSR count). The summed E-state index contributed by atoms with van der Waals surface area (Å²) in [4.78, 5) is 23.9. The van der Waals surface area contributed by atoms with Crippen molar-refractivity contribution in [2.75, 3.05) is 5.32 Å². The van der Waals surface area contributed by atoms with Crippen molar-refractivity contribution in [3.63, 3.8) is 0 Å². The lowest BCUT2D eigenvalue weighted by atomic mass is 9.92. The van der Waals surface area contributed by atoms with Crippen LogP contribution in [0.15, 0.2) is 47.4 Å². The Morgan fingerprint density at radius 2 is 1.48 bits per heavy atom. The number of para-hydroxylation sites is 1. The van der Waals surface area contributed by atoms with E-state index >= 15 is 0 Å². The smallest absolute Gasteiger partial charge is 0.269 e. The highest BCUT2D eigenvalue weighted by atomic mass is 32.2. The van der Waals surface area contributed by atoms with E-state index in [0.29, 0.717) is 11.8 Å². The van der Waals surface area contributed by atoms with Gasteiger partial charge in [0, 0.05) is 22.7 Å². The average molecular weight is 387 g/mol. The average Bonchev–Trinajstić information content (AvgIpc) is 2.61. The van der Waals surface area contributed by atoms with Crippen molar-refractivity contribution in [2.24, 2.45) is 0 Å².